The number of pyridine rings is 1. The highest BCUT2D eigenvalue weighted by atomic mass is 35.5. The average Bonchev–Trinajstić information content (AvgIpc) is 3.41. The summed E-state index contributed by atoms with van der Waals surface area (Å²) >= 11 is 7.58. The number of fused-ring (bicyclic) bond motifs is 1. The topological polar surface area (TPSA) is 56.1 Å². The first-order chi connectivity index (χ1) is 14.2. The van der Waals surface area contributed by atoms with Gasteiger partial charge >= 0.3 is 0 Å². The Kier molecular flexibility index (Phi) is 4.95. The minimum atomic E-state index is 0.387. The number of rotatable bonds is 4. The number of anilines is 1. The number of thiazole rings is 1. The van der Waals surface area contributed by atoms with Crippen molar-refractivity contribution in [2.45, 2.75) is 12.8 Å². The second kappa shape index (κ2) is 7.74. The fourth-order valence-corrected chi connectivity index (χ4v) is 4.58. The van der Waals surface area contributed by atoms with Crippen LogP contribution in [-0.4, -0.2) is 46.1 Å². The second-order valence-electron chi connectivity index (χ2n) is 7.01. The third-order valence-electron chi connectivity index (χ3n) is 4.98. The van der Waals surface area contributed by atoms with Crippen LogP contribution in [0, 0.1) is 6.92 Å². The van der Waals surface area contributed by atoms with Gasteiger partial charge in [-0.1, -0.05) is 35.1 Å². The summed E-state index contributed by atoms with van der Waals surface area (Å²) in [6, 6.07) is 12.4. The molecule has 1 aliphatic rings. The molecule has 0 N–H and O–H groups in total. The lowest BCUT2D eigenvalue weighted by molar-refractivity contribution is 0.123. The summed E-state index contributed by atoms with van der Waals surface area (Å²) in [4.78, 5) is 12.7. The molecule has 3 aromatic heterocycles. The minimum absolute atomic E-state index is 0.387. The lowest BCUT2D eigenvalue weighted by atomic mass is 10.1. The molecule has 29 heavy (non-hydrogen) atoms. The first-order valence-electron chi connectivity index (χ1n) is 9.53. The van der Waals surface area contributed by atoms with Crippen molar-refractivity contribution in [3.8, 4) is 17.1 Å². The summed E-state index contributed by atoms with van der Waals surface area (Å²) in [5.74, 6) is 1.17. The zero-order valence-corrected chi connectivity index (χ0v) is 17.6. The molecule has 1 fully saturated rings. The fourth-order valence-electron chi connectivity index (χ4n) is 3.55. The highest BCUT2D eigenvalue weighted by molar-refractivity contribution is 7.18. The number of aromatic nitrogens is 4. The van der Waals surface area contributed by atoms with Gasteiger partial charge in [0.2, 0.25) is 0 Å². The van der Waals surface area contributed by atoms with Crippen molar-refractivity contribution in [1.82, 2.24) is 19.7 Å². The van der Waals surface area contributed by atoms with Gasteiger partial charge in [-0.05, 0) is 19.1 Å². The maximum atomic E-state index is 6.05. The van der Waals surface area contributed by atoms with Crippen LogP contribution < -0.4 is 4.90 Å². The van der Waals surface area contributed by atoms with Gasteiger partial charge in [0.15, 0.2) is 5.82 Å². The molecule has 0 unspecified atom stereocenters. The molecule has 0 spiro atoms. The molecule has 4 aromatic rings. The Hall–Kier alpha value is -2.48. The van der Waals surface area contributed by atoms with Gasteiger partial charge in [-0.15, -0.1) is 11.6 Å². The van der Waals surface area contributed by atoms with Gasteiger partial charge in [0, 0.05) is 30.9 Å². The van der Waals surface area contributed by atoms with Crippen LogP contribution in [0.15, 0.2) is 42.6 Å². The van der Waals surface area contributed by atoms with E-state index in [0.29, 0.717) is 19.1 Å². The lowest BCUT2D eigenvalue weighted by Crippen LogP contribution is -2.36. The second-order valence-corrected chi connectivity index (χ2v) is 8.34. The van der Waals surface area contributed by atoms with Crippen LogP contribution >= 0.6 is 22.9 Å². The number of hydrogen-bond acceptors (Lipinski definition) is 6. The Balaban J connectivity index is 1.60. The normalized spacial score (nSPS) is 14.6. The van der Waals surface area contributed by atoms with Crippen LogP contribution in [0.3, 0.4) is 0 Å². The first-order valence-corrected chi connectivity index (χ1v) is 10.9. The van der Waals surface area contributed by atoms with Crippen LogP contribution in [-0.2, 0) is 10.6 Å². The van der Waals surface area contributed by atoms with Crippen molar-refractivity contribution in [1.29, 1.82) is 0 Å². The molecule has 5 rings (SSSR count). The van der Waals surface area contributed by atoms with E-state index in [0.717, 1.165) is 51.2 Å². The van der Waals surface area contributed by atoms with Gasteiger partial charge in [0.05, 0.1) is 30.5 Å². The SMILES string of the molecule is Cc1cccc(-c2ccn(-c3cc(N4CCOCC4)c4nc(CCl)sc4n3)n2)c1. The van der Waals surface area contributed by atoms with Gasteiger partial charge < -0.3 is 9.64 Å². The number of nitrogens with zero attached hydrogens (tertiary/aromatic N) is 5. The molecule has 8 heteroatoms. The number of benzene rings is 1. The number of aryl methyl sites for hydroxylation is 1. The minimum Gasteiger partial charge on any atom is -0.378 e. The molecule has 1 aliphatic heterocycles. The fraction of sp³-hybridized carbons (Fsp3) is 0.286. The summed E-state index contributed by atoms with van der Waals surface area (Å²) < 4.78 is 7.36. The molecule has 0 atom stereocenters. The van der Waals surface area contributed by atoms with E-state index in [1.165, 1.54) is 16.9 Å². The monoisotopic (exact) mass is 425 g/mol. The lowest BCUT2D eigenvalue weighted by Gasteiger charge is -2.29. The summed E-state index contributed by atoms with van der Waals surface area (Å²) in [5, 5.41) is 5.66. The quantitative estimate of drug-likeness (QED) is 0.453. The van der Waals surface area contributed by atoms with Crippen LogP contribution in [0.5, 0.6) is 0 Å². The number of ether oxygens (including phenoxy) is 1. The van der Waals surface area contributed by atoms with E-state index in [4.69, 9.17) is 31.4 Å². The predicted molar refractivity (Wildman–Crippen MR) is 117 cm³/mol. The van der Waals surface area contributed by atoms with Crippen molar-refractivity contribution in [2.75, 3.05) is 31.2 Å². The Labute approximate surface area is 177 Å². The van der Waals surface area contributed by atoms with E-state index in [1.807, 2.05) is 16.9 Å². The van der Waals surface area contributed by atoms with Crippen molar-refractivity contribution < 1.29 is 4.74 Å². The summed E-state index contributed by atoms with van der Waals surface area (Å²) in [6.07, 6.45) is 1.96. The van der Waals surface area contributed by atoms with Crippen molar-refractivity contribution in [3.05, 3.63) is 53.2 Å². The van der Waals surface area contributed by atoms with Crippen molar-refractivity contribution in [2.24, 2.45) is 0 Å². The zero-order chi connectivity index (χ0) is 19.8. The Morgan fingerprint density at radius 2 is 2.00 bits per heavy atom. The molecule has 0 radical (unpaired) electrons. The van der Waals surface area contributed by atoms with E-state index in [-0.39, 0.29) is 0 Å². The third-order valence-corrected chi connectivity index (χ3v) is 6.34. The van der Waals surface area contributed by atoms with Crippen LogP contribution in [0.2, 0.25) is 0 Å². The van der Waals surface area contributed by atoms with Gasteiger partial charge in [-0.25, -0.2) is 14.6 Å². The molecule has 0 saturated carbocycles. The zero-order valence-electron chi connectivity index (χ0n) is 16.0. The Morgan fingerprint density at radius 1 is 1.14 bits per heavy atom. The van der Waals surface area contributed by atoms with Crippen LogP contribution in [0.25, 0.3) is 27.4 Å². The summed E-state index contributed by atoms with van der Waals surface area (Å²) in [5.41, 5.74) is 5.20. The van der Waals surface area contributed by atoms with E-state index in [1.54, 1.807) is 0 Å². The average molecular weight is 426 g/mol. The van der Waals surface area contributed by atoms with Crippen molar-refractivity contribution in [3.63, 3.8) is 0 Å². The maximum Gasteiger partial charge on any atom is 0.157 e. The molecule has 0 bridgehead atoms. The molecule has 0 aliphatic carbocycles. The van der Waals surface area contributed by atoms with E-state index < -0.39 is 0 Å². The Morgan fingerprint density at radius 3 is 2.79 bits per heavy atom. The number of hydrogen-bond donors (Lipinski definition) is 0. The van der Waals surface area contributed by atoms with Crippen molar-refractivity contribution >= 4 is 39.0 Å². The molecular formula is C21H20ClN5OS. The van der Waals surface area contributed by atoms with Gasteiger partial charge in [-0.2, -0.15) is 5.10 Å². The van der Waals surface area contributed by atoms with Gasteiger partial charge in [0.1, 0.15) is 15.4 Å². The molecule has 1 aromatic carbocycles. The standard InChI is InChI=1S/C21H20ClN5OS/c1-14-3-2-4-15(11-14)16-5-6-27(25-16)18-12-17(26-7-9-28-10-8-26)20-21(23-18)29-19(13-22)24-20/h2-6,11-12H,7-10,13H2,1H3. The molecule has 0 amide bonds. The summed E-state index contributed by atoms with van der Waals surface area (Å²) in [7, 11) is 0. The van der Waals surface area contributed by atoms with Crippen LogP contribution in [0.1, 0.15) is 10.6 Å². The molecule has 1 saturated heterocycles. The molecule has 4 heterocycles. The van der Waals surface area contributed by atoms with E-state index in [9.17, 15) is 0 Å². The highest BCUT2D eigenvalue weighted by Crippen LogP contribution is 2.32. The maximum absolute atomic E-state index is 6.05. The van der Waals surface area contributed by atoms with Crippen LogP contribution in [0.4, 0.5) is 5.69 Å². The summed E-state index contributed by atoms with van der Waals surface area (Å²) in [6.45, 7) is 5.18. The van der Waals surface area contributed by atoms with Gasteiger partial charge in [-0.3, -0.25) is 0 Å². The van der Waals surface area contributed by atoms with E-state index >= 15 is 0 Å². The molecular weight excluding hydrogens is 406 g/mol. The largest absolute Gasteiger partial charge is 0.378 e. The first kappa shape index (κ1) is 18.5. The van der Waals surface area contributed by atoms with E-state index in [2.05, 4.69) is 42.2 Å². The smallest absolute Gasteiger partial charge is 0.157 e. The number of halogens is 1. The molecule has 148 valence electrons. The predicted octanol–water partition coefficient (Wildman–Crippen LogP) is 4.43. The Bertz CT molecular complexity index is 1170. The molecule has 6 nitrogen and oxygen atoms in total. The number of morpholine rings is 1. The highest BCUT2D eigenvalue weighted by Gasteiger charge is 2.20. The number of alkyl halides is 1. The third kappa shape index (κ3) is 3.61. The van der Waals surface area contributed by atoms with Gasteiger partial charge in [0.25, 0.3) is 0 Å².